The summed E-state index contributed by atoms with van der Waals surface area (Å²) in [4.78, 5) is 0. The van der Waals surface area contributed by atoms with Gasteiger partial charge in [0.1, 0.15) is 0 Å². The van der Waals surface area contributed by atoms with Crippen LogP contribution in [0.4, 0.5) is 0 Å². The van der Waals surface area contributed by atoms with E-state index < -0.39 is 0 Å². The lowest BCUT2D eigenvalue weighted by Crippen LogP contribution is -2.56. The zero-order valence-corrected chi connectivity index (χ0v) is 15.0. The molecule has 0 aromatic heterocycles. The van der Waals surface area contributed by atoms with Gasteiger partial charge >= 0.3 is 0 Å². The summed E-state index contributed by atoms with van der Waals surface area (Å²) in [6, 6.07) is 6.30. The molecule has 1 atom stereocenters. The van der Waals surface area contributed by atoms with E-state index in [-0.39, 0.29) is 11.6 Å². The Bertz CT molecular complexity index is 464. The van der Waals surface area contributed by atoms with Crippen LogP contribution in [-0.4, -0.2) is 38.5 Å². The van der Waals surface area contributed by atoms with Crippen LogP contribution >= 0.6 is 27.5 Å². The highest BCUT2D eigenvalue weighted by Gasteiger charge is 2.40. The molecule has 2 rings (SSSR count). The lowest BCUT2D eigenvalue weighted by molar-refractivity contribution is -0.110. The average molecular weight is 377 g/mol. The Balaban J connectivity index is 2.21. The zero-order valence-electron chi connectivity index (χ0n) is 12.6. The number of methoxy groups -OCH3 is 1. The zero-order chi connectivity index (χ0) is 15.3. The van der Waals surface area contributed by atoms with Crippen molar-refractivity contribution in [3.05, 3.63) is 33.3 Å². The van der Waals surface area contributed by atoms with Gasteiger partial charge in [-0.1, -0.05) is 40.5 Å². The molecule has 0 aliphatic carbocycles. The smallest absolute Gasteiger partial charge is 0.0877 e. The summed E-state index contributed by atoms with van der Waals surface area (Å²) in [5, 5.41) is 4.38. The molecule has 1 aromatic rings. The Morgan fingerprint density at radius 2 is 2.14 bits per heavy atom. The maximum Gasteiger partial charge on any atom is 0.0877 e. The number of nitrogens with one attached hydrogen (secondary N) is 1. The maximum atomic E-state index is 6.38. The van der Waals surface area contributed by atoms with E-state index in [0.717, 1.165) is 54.1 Å². The van der Waals surface area contributed by atoms with Gasteiger partial charge in [-0.3, -0.25) is 0 Å². The van der Waals surface area contributed by atoms with Crippen LogP contribution in [0.25, 0.3) is 0 Å². The maximum absolute atomic E-state index is 6.38. The number of rotatable bonds is 6. The van der Waals surface area contributed by atoms with Gasteiger partial charge in [-0.25, -0.2) is 0 Å². The molecule has 1 fully saturated rings. The monoisotopic (exact) mass is 375 g/mol. The summed E-state index contributed by atoms with van der Waals surface area (Å²) in [6.07, 6.45) is 2.68. The number of ether oxygens (including phenoxy) is 2. The number of hydrogen-bond acceptors (Lipinski definition) is 3. The lowest BCUT2D eigenvalue weighted by Gasteiger charge is -2.43. The topological polar surface area (TPSA) is 30.5 Å². The van der Waals surface area contributed by atoms with Gasteiger partial charge in [0.05, 0.1) is 5.60 Å². The molecular weight excluding hydrogens is 354 g/mol. The molecule has 1 unspecified atom stereocenters. The fourth-order valence-corrected chi connectivity index (χ4v) is 3.76. The van der Waals surface area contributed by atoms with E-state index >= 15 is 0 Å². The number of halogens is 2. The molecule has 0 bridgehead atoms. The summed E-state index contributed by atoms with van der Waals surface area (Å²) >= 11 is 9.83. The van der Waals surface area contributed by atoms with E-state index in [0.29, 0.717) is 0 Å². The Morgan fingerprint density at radius 3 is 2.71 bits per heavy atom. The van der Waals surface area contributed by atoms with Crippen molar-refractivity contribution in [2.45, 2.75) is 37.8 Å². The van der Waals surface area contributed by atoms with Crippen molar-refractivity contribution in [1.29, 1.82) is 0 Å². The Morgan fingerprint density at radius 1 is 1.43 bits per heavy atom. The summed E-state index contributed by atoms with van der Waals surface area (Å²) in [5.41, 5.74) is 0.971. The van der Waals surface area contributed by atoms with Crippen LogP contribution in [0.1, 0.15) is 25.3 Å². The molecule has 1 aliphatic rings. The molecule has 0 spiro atoms. The van der Waals surface area contributed by atoms with Crippen LogP contribution < -0.4 is 5.32 Å². The van der Waals surface area contributed by atoms with Crippen LogP contribution in [0.15, 0.2) is 22.7 Å². The average Bonchev–Trinajstić information content (AvgIpc) is 2.50. The highest BCUT2D eigenvalue weighted by Crippen LogP contribution is 2.32. The summed E-state index contributed by atoms with van der Waals surface area (Å²) in [7, 11) is 1.80. The van der Waals surface area contributed by atoms with E-state index in [9.17, 15) is 0 Å². The fraction of sp³-hybridized carbons (Fsp3) is 0.625. The first-order valence-corrected chi connectivity index (χ1v) is 8.58. The van der Waals surface area contributed by atoms with Crippen molar-refractivity contribution in [3.8, 4) is 0 Å². The van der Waals surface area contributed by atoms with Crippen LogP contribution in [-0.2, 0) is 15.9 Å². The molecule has 118 valence electrons. The largest absolute Gasteiger partial charge is 0.381 e. The predicted octanol–water partition coefficient (Wildman–Crippen LogP) is 3.82. The van der Waals surface area contributed by atoms with Gasteiger partial charge < -0.3 is 14.8 Å². The third-order valence-corrected chi connectivity index (χ3v) is 5.12. The van der Waals surface area contributed by atoms with Gasteiger partial charge in [-0.2, -0.15) is 0 Å². The van der Waals surface area contributed by atoms with Crippen molar-refractivity contribution in [2.75, 3.05) is 26.9 Å². The molecule has 1 aromatic carbocycles. The predicted molar refractivity (Wildman–Crippen MR) is 90.1 cm³/mol. The van der Waals surface area contributed by atoms with Gasteiger partial charge in [0, 0.05) is 48.7 Å². The van der Waals surface area contributed by atoms with Crippen LogP contribution in [0, 0.1) is 0 Å². The molecule has 0 amide bonds. The van der Waals surface area contributed by atoms with Crippen molar-refractivity contribution < 1.29 is 9.47 Å². The van der Waals surface area contributed by atoms with Crippen molar-refractivity contribution >= 4 is 27.5 Å². The number of benzene rings is 1. The van der Waals surface area contributed by atoms with Crippen LogP contribution in [0.2, 0.25) is 5.02 Å². The van der Waals surface area contributed by atoms with E-state index in [1.165, 1.54) is 0 Å². The van der Waals surface area contributed by atoms with Crippen molar-refractivity contribution in [2.24, 2.45) is 0 Å². The summed E-state index contributed by atoms with van der Waals surface area (Å²) in [5.74, 6) is 0. The molecule has 0 saturated carbocycles. The van der Waals surface area contributed by atoms with E-state index in [4.69, 9.17) is 21.1 Å². The summed E-state index contributed by atoms with van der Waals surface area (Å²) in [6.45, 7) is 4.54. The van der Waals surface area contributed by atoms with Crippen LogP contribution in [0.5, 0.6) is 0 Å². The molecule has 1 N–H and O–H groups in total. The molecule has 1 heterocycles. The minimum Gasteiger partial charge on any atom is -0.381 e. The minimum absolute atomic E-state index is 0.176. The molecule has 21 heavy (non-hydrogen) atoms. The Kier molecular flexibility index (Phi) is 6.51. The highest BCUT2D eigenvalue weighted by molar-refractivity contribution is 9.10. The van der Waals surface area contributed by atoms with Crippen LogP contribution in [0.3, 0.4) is 0 Å². The molecule has 0 radical (unpaired) electrons. The third kappa shape index (κ3) is 4.20. The van der Waals surface area contributed by atoms with E-state index in [2.05, 4.69) is 34.2 Å². The first-order valence-electron chi connectivity index (χ1n) is 7.41. The highest BCUT2D eigenvalue weighted by atomic mass is 79.9. The number of hydrogen-bond donors (Lipinski definition) is 1. The quantitative estimate of drug-likeness (QED) is 0.819. The molecule has 1 saturated heterocycles. The van der Waals surface area contributed by atoms with E-state index in [1.807, 2.05) is 12.1 Å². The fourth-order valence-electron chi connectivity index (χ4n) is 3.01. The number of likely N-dealkylation sites (N-methyl/N-ethyl adjacent to an activating group) is 1. The van der Waals surface area contributed by atoms with Crippen molar-refractivity contribution in [1.82, 2.24) is 5.32 Å². The van der Waals surface area contributed by atoms with E-state index in [1.54, 1.807) is 7.11 Å². The molecule has 1 aliphatic heterocycles. The van der Waals surface area contributed by atoms with Gasteiger partial charge in [0.2, 0.25) is 0 Å². The second kappa shape index (κ2) is 7.93. The second-order valence-corrected chi connectivity index (χ2v) is 6.75. The molecule has 5 heteroatoms. The summed E-state index contributed by atoms with van der Waals surface area (Å²) < 4.78 is 12.4. The van der Waals surface area contributed by atoms with Gasteiger partial charge in [-0.15, -0.1) is 0 Å². The lowest BCUT2D eigenvalue weighted by atomic mass is 9.82. The standard InChI is InChI=1S/C16H23BrClNO2/c1-3-19-15(16(20-2)6-8-21-9-7-16)10-12-4-5-13(17)11-14(12)18/h4-5,11,15,19H,3,6-10H2,1-2H3. The first kappa shape index (κ1) is 17.2. The van der Waals surface area contributed by atoms with Gasteiger partial charge in [-0.05, 0) is 30.7 Å². The normalized spacial score (nSPS) is 19.4. The Hall–Kier alpha value is -0.130. The van der Waals surface area contributed by atoms with Gasteiger partial charge in [0.25, 0.3) is 0 Å². The molecular formula is C16H23BrClNO2. The minimum atomic E-state index is -0.176. The van der Waals surface area contributed by atoms with Crippen molar-refractivity contribution in [3.63, 3.8) is 0 Å². The second-order valence-electron chi connectivity index (χ2n) is 5.43. The Labute approximate surface area is 140 Å². The third-order valence-electron chi connectivity index (χ3n) is 4.27. The van der Waals surface area contributed by atoms with Gasteiger partial charge in [0.15, 0.2) is 0 Å². The SMILES string of the molecule is CCNC(Cc1ccc(Br)cc1Cl)C1(OC)CCOCC1. The first-order chi connectivity index (χ1) is 10.1. The molecule has 3 nitrogen and oxygen atoms in total.